The number of carbonyl (C=O) groups excluding carboxylic acids is 1. The third-order valence-corrected chi connectivity index (χ3v) is 2.60. The molecule has 1 aromatic carbocycles. The average molecular weight is 266 g/mol. The molecule has 0 radical (unpaired) electrons. The van der Waals surface area contributed by atoms with Crippen molar-refractivity contribution in [2.24, 2.45) is 0 Å². The van der Waals surface area contributed by atoms with Crippen molar-refractivity contribution in [3.63, 3.8) is 0 Å². The van der Waals surface area contributed by atoms with E-state index in [1.807, 2.05) is 0 Å². The molecule has 2 rings (SSSR count). The summed E-state index contributed by atoms with van der Waals surface area (Å²) in [6.45, 7) is 0. The molecule has 0 amide bonds. The van der Waals surface area contributed by atoms with Crippen LogP contribution < -0.4 is 5.73 Å². The molecule has 0 bridgehead atoms. The van der Waals surface area contributed by atoms with Gasteiger partial charge >= 0.3 is 6.18 Å². The van der Waals surface area contributed by atoms with E-state index in [0.29, 0.717) is 6.29 Å². The number of carbonyl (C=O) groups is 1. The summed E-state index contributed by atoms with van der Waals surface area (Å²) in [5, 5.41) is 0. The van der Waals surface area contributed by atoms with Gasteiger partial charge in [0.15, 0.2) is 6.29 Å². The quantitative estimate of drug-likeness (QED) is 0.849. The molecule has 2 N–H and O–H groups in total. The number of aldehydes is 1. The number of alkyl halides is 3. The highest BCUT2D eigenvalue weighted by atomic mass is 19.4. The van der Waals surface area contributed by atoms with E-state index in [9.17, 15) is 18.0 Å². The summed E-state index contributed by atoms with van der Waals surface area (Å²) in [4.78, 5) is 14.4. The van der Waals surface area contributed by atoms with Crippen LogP contribution in [0.1, 0.15) is 15.9 Å². The molecule has 98 valence electrons. The molecular weight excluding hydrogens is 257 g/mol. The number of halogens is 3. The van der Waals surface area contributed by atoms with E-state index >= 15 is 0 Å². The molecule has 0 aliphatic heterocycles. The largest absolute Gasteiger partial charge is 0.417 e. The molecule has 0 aliphatic rings. The van der Waals surface area contributed by atoms with Gasteiger partial charge in [-0.3, -0.25) is 4.79 Å². The van der Waals surface area contributed by atoms with E-state index in [-0.39, 0.29) is 22.5 Å². The lowest BCUT2D eigenvalue weighted by Gasteiger charge is -2.14. The Morgan fingerprint density at radius 2 is 1.84 bits per heavy atom. The van der Waals surface area contributed by atoms with Crippen molar-refractivity contribution in [3.8, 4) is 11.1 Å². The highest BCUT2D eigenvalue weighted by Gasteiger charge is 2.33. The highest BCUT2D eigenvalue weighted by molar-refractivity contribution is 5.83. The molecule has 6 heteroatoms. The van der Waals surface area contributed by atoms with Crippen LogP contribution in [0, 0.1) is 0 Å². The molecule has 0 atom stereocenters. The zero-order valence-corrected chi connectivity index (χ0v) is 9.61. The first-order valence-electron chi connectivity index (χ1n) is 5.31. The zero-order chi connectivity index (χ0) is 14.0. The molecule has 1 aromatic heterocycles. The Morgan fingerprint density at radius 1 is 1.16 bits per heavy atom. The molecule has 0 saturated carbocycles. The Hall–Kier alpha value is -2.37. The van der Waals surface area contributed by atoms with Crippen molar-refractivity contribution in [2.45, 2.75) is 6.18 Å². The normalized spacial score (nSPS) is 11.3. The maximum Gasteiger partial charge on any atom is 0.417 e. The number of benzene rings is 1. The molecule has 1 heterocycles. The monoisotopic (exact) mass is 266 g/mol. The first-order valence-corrected chi connectivity index (χ1v) is 5.31. The van der Waals surface area contributed by atoms with Gasteiger partial charge in [0.2, 0.25) is 0 Å². The maximum atomic E-state index is 12.9. The Kier molecular flexibility index (Phi) is 3.25. The van der Waals surface area contributed by atoms with Gasteiger partial charge in [-0.2, -0.15) is 13.2 Å². The van der Waals surface area contributed by atoms with Gasteiger partial charge in [0.1, 0.15) is 5.82 Å². The van der Waals surface area contributed by atoms with E-state index in [1.54, 1.807) is 0 Å². The van der Waals surface area contributed by atoms with Crippen molar-refractivity contribution in [1.29, 1.82) is 0 Å². The van der Waals surface area contributed by atoms with Gasteiger partial charge in [-0.25, -0.2) is 4.98 Å². The first kappa shape index (κ1) is 13.1. The fourth-order valence-electron chi connectivity index (χ4n) is 1.74. The van der Waals surface area contributed by atoms with E-state index in [1.165, 1.54) is 30.5 Å². The van der Waals surface area contributed by atoms with Crippen LogP contribution in [0.15, 0.2) is 36.5 Å². The molecule has 0 aliphatic carbocycles. The van der Waals surface area contributed by atoms with Crippen molar-refractivity contribution in [3.05, 3.63) is 47.7 Å². The second-order valence-corrected chi connectivity index (χ2v) is 3.86. The minimum absolute atomic E-state index is 0.0534. The number of aromatic nitrogens is 1. The summed E-state index contributed by atoms with van der Waals surface area (Å²) in [7, 11) is 0. The van der Waals surface area contributed by atoms with Gasteiger partial charge in [0, 0.05) is 17.3 Å². The molecule has 0 unspecified atom stereocenters. The number of pyridine rings is 1. The number of hydrogen-bond acceptors (Lipinski definition) is 3. The number of nitrogens with zero attached hydrogens (tertiary/aromatic N) is 1. The van der Waals surface area contributed by atoms with Crippen molar-refractivity contribution >= 4 is 12.1 Å². The molecular formula is C13H9F3N2O. The van der Waals surface area contributed by atoms with Crippen LogP contribution in [-0.2, 0) is 6.18 Å². The third kappa shape index (κ3) is 2.57. The topological polar surface area (TPSA) is 56.0 Å². The van der Waals surface area contributed by atoms with Gasteiger partial charge in [-0.1, -0.05) is 18.2 Å². The average Bonchev–Trinajstić information content (AvgIpc) is 2.38. The van der Waals surface area contributed by atoms with Gasteiger partial charge in [0.05, 0.1) is 5.56 Å². The van der Waals surface area contributed by atoms with Crippen molar-refractivity contribution in [1.82, 2.24) is 4.98 Å². The zero-order valence-electron chi connectivity index (χ0n) is 9.61. The summed E-state index contributed by atoms with van der Waals surface area (Å²) in [6, 6.07) is 6.31. The fourth-order valence-corrected chi connectivity index (χ4v) is 1.74. The number of nitrogens with two attached hydrogens (primary N) is 1. The third-order valence-electron chi connectivity index (χ3n) is 2.60. The summed E-state index contributed by atoms with van der Waals surface area (Å²) in [5.41, 5.74) is 4.95. The van der Waals surface area contributed by atoms with Crippen LogP contribution in [0.3, 0.4) is 0 Å². The summed E-state index contributed by atoms with van der Waals surface area (Å²) < 4.78 is 38.8. The number of anilines is 1. The summed E-state index contributed by atoms with van der Waals surface area (Å²) >= 11 is 0. The van der Waals surface area contributed by atoms with E-state index in [4.69, 9.17) is 5.73 Å². The molecule has 19 heavy (non-hydrogen) atoms. The van der Waals surface area contributed by atoms with E-state index < -0.39 is 11.7 Å². The second-order valence-electron chi connectivity index (χ2n) is 3.86. The predicted molar refractivity (Wildman–Crippen MR) is 64.5 cm³/mol. The Bertz CT molecular complexity index is 624. The number of rotatable bonds is 2. The minimum Gasteiger partial charge on any atom is -0.383 e. The highest BCUT2D eigenvalue weighted by Crippen LogP contribution is 2.38. The van der Waals surface area contributed by atoms with E-state index in [0.717, 1.165) is 6.07 Å². The van der Waals surface area contributed by atoms with Crippen LogP contribution >= 0.6 is 0 Å². The maximum absolute atomic E-state index is 12.9. The van der Waals surface area contributed by atoms with Crippen LogP contribution in [0.2, 0.25) is 0 Å². The molecule has 3 nitrogen and oxygen atoms in total. The Balaban J connectivity index is 2.69. The standard InChI is InChI=1S/C13H9F3N2O/c14-13(15,16)11-4-2-1-3-9(11)10-5-8(7-19)6-18-12(10)17/h1-7H,(H2,17,18). The number of nitrogen functional groups attached to an aromatic ring is 1. The molecule has 0 saturated heterocycles. The van der Waals surface area contributed by atoms with Crippen LogP contribution in [-0.4, -0.2) is 11.3 Å². The fraction of sp³-hybridized carbons (Fsp3) is 0.0769. The van der Waals surface area contributed by atoms with Crippen LogP contribution in [0.4, 0.5) is 19.0 Å². The smallest absolute Gasteiger partial charge is 0.383 e. The van der Waals surface area contributed by atoms with Gasteiger partial charge in [-0.05, 0) is 17.7 Å². The SMILES string of the molecule is Nc1ncc(C=O)cc1-c1ccccc1C(F)(F)F. The van der Waals surface area contributed by atoms with Gasteiger partial charge in [-0.15, -0.1) is 0 Å². The predicted octanol–water partition coefficient (Wildman–Crippen LogP) is 3.16. The Labute approximate surface area is 106 Å². The second kappa shape index (κ2) is 4.72. The lowest BCUT2D eigenvalue weighted by molar-refractivity contribution is -0.137. The lowest BCUT2D eigenvalue weighted by Crippen LogP contribution is -2.08. The van der Waals surface area contributed by atoms with Gasteiger partial charge < -0.3 is 5.73 Å². The van der Waals surface area contributed by atoms with Gasteiger partial charge in [0.25, 0.3) is 0 Å². The summed E-state index contributed by atoms with van der Waals surface area (Å²) in [6.07, 6.45) is -2.78. The first-order chi connectivity index (χ1) is 8.93. The lowest BCUT2D eigenvalue weighted by atomic mass is 9.99. The summed E-state index contributed by atoms with van der Waals surface area (Å²) in [5.74, 6) is -0.0534. The van der Waals surface area contributed by atoms with Crippen molar-refractivity contribution in [2.75, 3.05) is 5.73 Å². The number of hydrogen-bond donors (Lipinski definition) is 1. The molecule has 0 spiro atoms. The molecule has 2 aromatic rings. The molecule has 0 fully saturated rings. The Morgan fingerprint density at radius 3 is 2.47 bits per heavy atom. The van der Waals surface area contributed by atoms with Crippen LogP contribution in [0.5, 0.6) is 0 Å². The van der Waals surface area contributed by atoms with Crippen LogP contribution in [0.25, 0.3) is 11.1 Å². The van der Waals surface area contributed by atoms with Crippen molar-refractivity contribution < 1.29 is 18.0 Å². The minimum atomic E-state index is -4.50. The van der Waals surface area contributed by atoms with E-state index in [2.05, 4.69) is 4.98 Å².